The van der Waals surface area contributed by atoms with Gasteiger partial charge in [0.05, 0.1) is 0 Å². The Balaban J connectivity index is 2.12. The van der Waals surface area contributed by atoms with Crippen LogP contribution < -0.4 is 0 Å². The molecule has 0 spiro atoms. The molecule has 0 amide bonds. The summed E-state index contributed by atoms with van der Waals surface area (Å²) in [6.07, 6.45) is 5.80. The van der Waals surface area contributed by atoms with E-state index >= 15 is 0 Å². The van der Waals surface area contributed by atoms with Gasteiger partial charge in [0.2, 0.25) is 0 Å². The number of pyridine rings is 1. The van der Waals surface area contributed by atoms with Crippen molar-refractivity contribution < 1.29 is 0 Å². The Morgan fingerprint density at radius 2 is 2.27 bits per heavy atom. The third-order valence-electron chi connectivity index (χ3n) is 3.10. The van der Waals surface area contributed by atoms with Crippen LogP contribution in [0, 0.1) is 6.92 Å². The molecule has 0 aliphatic heterocycles. The zero-order valence-electron chi connectivity index (χ0n) is 8.57. The van der Waals surface area contributed by atoms with Crippen molar-refractivity contribution in [3.8, 4) is 0 Å². The molecule has 2 aromatic heterocycles. The van der Waals surface area contributed by atoms with E-state index in [0.717, 1.165) is 15.9 Å². The number of fused-ring (bicyclic) bond motifs is 1. The van der Waals surface area contributed by atoms with Crippen molar-refractivity contribution in [2.75, 3.05) is 0 Å². The highest BCUT2D eigenvalue weighted by Gasteiger charge is 2.23. The molecular weight excluding hydrogens is 254 g/mol. The Labute approximate surface area is 96.6 Å². The van der Waals surface area contributed by atoms with Crippen LogP contribution in [0.5, 0.6) is 0 Å². The van der Waals surface area contributed by atoms with Crippen LogP contribution in [0.2, 0.25) is 0 Å². The zero-order valence-corrected chi connectivity index (χ0v) is 10.2. The maximum atomic E-state index is 4.57. The van der Waals surface area contributed by atoms with Crippen molar-refractivity contribution in [1.29, 1.82) is 0 Å². The molecule has 0 atom stereocenters. The van der Waals surface area contributed by atoms with Crippen LogP contribution in [-0.4, -0.2) is 14.6 Å². The van der Waals surface area contributed by atoms with E-state index in [2.05, 4.69) is 39.0 Å². The van der Waals surface area contributed by atoms with Crippen LogP contribution in [0.4, 0.5) is 0 Å². The first-order chi connectivity index (χ1) is 7.24. The Morgan fingerprint density at radius 1 is 1.47 bits per heavy atom. The van der Waals surface area contributed by atoms with Crippen LogP contribution in [0.1, 0.15) is 36.6 Å². The SMILES string of the molecule is Cc1cc2nc(C3CCC3)nn2cc1Br. The first-order valence-corrected chi connectivity index (χ1v) is 6.06. The number of aryl methyl sites for hydroxylation is 1. The lowest BCUT2D eigenvalue weighted by Gasteiger charge is -2.21. The predicted octanol–water partition coefficient (Wildman–Crippen LogP) is 3.07. The van der Waals surface area contributed by atoms with Crippen molar-refractivity contribution in [2.24, 2.45) is 0 Å². The first-order valence-electron chi connectivity index (χ1n) is 5.26. The number of halogens is 1. The maximum absolute atomic E-state index is 4.57. The number of hydrogen-bond acceptors (Lipinski definition) is 2. The molecule has 0 radical (unpaired) electrons. The van der Waals surface area contributed by atoms with Crippen molar-refractivity contribution >= 4 is 21.6 Å². The summed E-state index contributed by atoms with van der Waals surface area (Å²) < 4.78 is 2.95. The molecule has 0 unspecified atom stereocenters. The molecule has 3 nitrogen and oxygen atoms in total. The lowest BCUT2D eigenvalue weighted by Crippen LogP contribution is -2.10. The zero-order chi connectivity index (χ0) is 10.4. The number of rotatable bonds is 1. The fourth-order valence-electron chi connectivity index (χ4n) is 1.86. The first kappa shape index (κ1) is 9.33. The van der Waals surface area contributed by atoms with Crippen LogP contribution in [0.25, 0.3) is 5.65 Å². The number of nitrogens with zero attached hydrogens (tertiary/aromatic N) is 3. The summed E-state index contributed by atoms with van der Waals surface area (Å²) in [7, 11) is 0. The number of hydrogen-bond donors (Lipinski definition) is 0. The van der Waals surface area contributed by atoms with E-state index in [9.17, 15) is 0 Å². The molecule has 0 bridgehead atoms. The molecule has 15 heavy (non-hydrogen) atoms. The van der Waals surface area contributed by atoms with Crippen molar-refractivity contribution in [1.82, 2.24) is 14.6 Å². The van der Waals surface area contributed by atoms with Crippen molar-refractivity contribution in [2.45, 2.75) is 32.1 Å². The lowest BCUT2D eigenvalue weighted by molar-refractivity contribution is 0.402. The van der Waals surface area contributed by atoms with Gasteiger partial charge in [-0.15, -0.1) is 0 Å². The molecule has 2 aromatic rings. The molecule has 78 valence electrons. The summed E-state index contributed by atoms with van der Waals surface area (Å²) in [5, 5.41) is 4.51. The molecule has 2 heterocycles. The Morgan fingerprint density at radius 3 is 2.93 bits per heavy atom. The van der Waals surface area contributed by atoms with Gasteiger partial charge in [-0.1, -0.05) is 6.42 Å². The van der Waals surface area contributed by atoms with E-state index in [-0.39, 0.29) is 0 Å². The molecule has 1 saturated carbocycles. The Bertz CT molecular complexity index is 475. The van der Waals surface area contributed by atoms with E-state index in [1.165, 1.54) is 24.8 Å². The van der Waals surface area contributed by atoms with Crippen LogP contribution >= 0.6 is 15.9 Å². The number of aromatic nitrogens is 3. The third-order valence-corrected chi connectivity index (χ3v) is 3.93. The topological polar surface area (TPSA) is 30.2 Å². The van der Waals surface area contributed by atoms with Gasteiger partial charge in [0, 0.05) is 16.6 Å². The fourth-order valence-corrected chi connectivity index (χ4v) is 2.17. The van der Waals surface area contributed by atoms with E-state index in [0.29, 0.717) is 5.92 Å². The monoisotopic (exact) mass is 265 g/mol. The standard InChI is InChI=1S/C11H12BrN3/c1-7-5-10-13-11(8-3-2-4-8)14-15(10)6-9(7)12/h5-6,8H,2-4H2,1H3. The van der Waals surface area contributed by atoms with E-state index in [1.807, 2.05) is 10.7 Å². The van der Waals surface area contributed by atoms with Crippen molar-refractivity contribution in [3.05, 3.63) is 28.1 Å². The second-order valence-corrected chi connectivity index (χ2v) is 5.06. The van der Waals surface area contributed by atoms with Gasteiger partial charge in [-0.2, -0.15) is 5.10 Å². The van der Waals surface area contributed by atoms with Gasteiger partial charge >= 0.3 is 0 Å². The summed E-state index contributed by atoms with van der Waals surface area (Å²) in [4.78, 5) is 4.57. The molecule has 1 aliphatic carbocycles. The molecule has 1 fully saturated rings. The average molecular weight is 266 g/mol. The minimum Gasteiger partial charge on any atom is -0.220 e. The molecule has 0 N–H and O–H groups in total. The highest BCUT2D eigenvalue weighted by atomic mass is 79.9. The highest BCUT2D eigenvalue weighted by molar-refractivity contribution is 9.10. The summed E-state index contributed by atoms with van der Waals surface area (Å²) >= 11 is 3.51. The van der Waals surface area contributed by atoms with Gasteiger partial charge < -0.3 is 0 Å². The van der Waals surface area contributed by atoms with Gasteiger partial charge in [-0.05, 0) is 47.3 Å². The Hall–Kier alpha value is -0.900. The average Bonchev–Trinajstić information content (AvgIpc) is 2.45. The van der Waals surface area contributed by atoms with E-state index in [4.69, 9.17) is 0 Å². The lowest BCUT2D eigenvalue weighted by atomic mass is 9.85. The normalized spacial score (nSPS) is 16.9. The highest BCUT2D eigenvalue weighted by Crippen LogP contribution is 2.34. The van der Waals surface area contributed by atoms with Crippen LogP contribution in [-0.2, 0) is 0 Å². The second kappa shape index (κ2) is 3.30. The van der Waals surface area contributed by atoms with Crippen molar-refractivity contribution in [3.63, 3.8) is 0 Å². The Kier molecular flexibility index (Phi) is 2.06. The predicted molar refractivity (Wildman–Crippen MR) is 62.0 cm³/mol. The van der Waals surface area contributed by atoms with Gasteiger partial charge in [-0.25, -0.2) is 9.50 Å². The fraction of sp³-hybridized carbons (Fsp3) is 0.455. The quantitative estimate of drug-likeness (QED) is 0.794. The molecule has 0 aromatic carbocycles. The summed E-state index contributed by atoms with van der Waals surface area (Å²) in [5.41, 5.74) is 2.16. The molecule has 1 aliphatic rings. The summed E-state index contributed by atoms with van der Waals surface area (Å²) in [6, 6.07) is 2.07. The molecule has 4 heteroatoms. The van der Waals surface area contributed by atoms with Gasteiger partial charge in [0.1, 0.15) is 0 Å². The van der Waals surface area contributed by atoms with Crippen LogP contribution in [0.15, 0.2) is 16.7 Å². The summed E-state index contributed by atoms with van der Waals surface area (Å²) in [5.74, 6) is 1.61. The summed E-state index contributed by atoms with van der Waals surface area (Å²) in [6.45, 7) is 2.07. The molecular formula is C11H12BrN3. The van der Waals surface area contributed by atoms with Gasteiger partial charge in [0.15, 0.2) is 11.5 Å². The van der Waals surface area contributed by atoms with E-state index < -0.39 is 0 Å². The molecule has 3 rings (SSSR count). The minimum atomic E-state index is 0.601. The van der Waals surface area contributed by atoms with Crippen LogP contribution in [0.3, 0.4) is 0 Å². The second-order valence-electron chi connectivity index (χ2n) is 4.20. The van der Waals surface area contributed by atoms with Gasteiger partial charge in [0.25, 0.3) is 0 Å². The van der Waals surface area contributed by atoms with Gasteiger partial charge in [-0.3, -0.25) is 0 Å². The largest absolute Gasteiger partial charge is 0.220 e. The molecule has 0 saturated heterocycles. The van der Waals surface area contributed by atoms with E-state index in [1.54, 1.807) is 0 Å². The maximum Gasteiger partial charge on any atom is 0.155 e. The smallest absolute Gasteiger partial charge is 0.155 e. The minimum absolute atomic E-state index is 0.601. The third kappa shape index (κ3) is 1.47.